The molecule has 0 unspecified atom stereocenters. The molecule has 5 nitrogen and oxygen atoms in total. The molecule has 2 aromatic carbocycles. The van der Waals surface area contributed by atoms with Crippen molar-refractivity contribution in [1.82, 2.24) is 0 Å². The molecule has 1 aliphatic heterocycles. The minimum absolute atomic E-state index is 0.691. The molecule has 25 heavy (non-hydrogen) atoms. The van der Waals surface area contributed by atoms with E-state index in [9.17, 15) is 0 Å². The fourth-order valence-corrected chi connectivity index (χ4v) is 3.11. The van der Waals surface area contributed by atoms with Crippen molar-refractivity contribution in [2.24, 2.45) is 0 Å². The Hall–Kier alpha value is -2.56. The molecule has 0 amide bonds. The highest BCUT2D eigenvalue weighted by Crippen LogP contribution is 2.37. The van der Waals surface area contributed by atoms with Crippen molar-refractivity contribution in [3.05, 3.63) is 41.5 Å². The second-order valence-corrected chi connectivity index (χ2v) is 6.45. The number of nitrogens with zero attached hydrogens (tertiary/aromatic N) is 2. The highest BCUT2D eigenvalue weighted by Gasteiger charge is 2.20. The number of hydrogen-bond acceptors (Lipinski definition) is 5. The highest BCUT2D eigenvalue weighted by atomic mass is 16.5. The first-order chi connectivity index (χ1) is 12.0. The van der Waals surface area contributed by atoms with Gasteiger partial charge >= 0.3 is 0 Å². The lowest BCUT2D eigenvalue weighted by molar-refractivity contribution is 0.307. The van der Waals surface area contributed by atoms with E-state index >= 15 is 0 Å². The van der Waals surface area contributed by atoms with Gasteiger partial charge in [-0.3, -0.25) is 0 Å². The average molecular weight is 342 g/mol. The van der Waals surface area contributed by atoms with E-state index in [0.29, 0.717) is 6.61 Å². The number of aryl methyl sites for hydroxylation is 1. The minimum Gasteiger partial charge on any atom is -0.493 e. The molecule has 0 saturated carbocycles. The SMILES string of the molecule is COc1cc(C)c(CN2CCOc3cc(N(C)C)ccc32)cc1OC. The molecular weight excluding hydrogens is 316 g/mol. The number of benzene rings is 2. The summed E-state index contributed by atoms with van der Waals surface area (Å²) in [4.78, 5) is 4.44. The van der Waals surface area contributed by atoms with Crippen LogP contribution in [0.3, 0.4) is 0 Å². The monoisotopic (exact) mass is 342 g/mol. The van der Waals surface area contributed by atoms with E-state index in [4.69, 9.17) is 14.2 Å². The van der Waals surface area contributed by atoms with E-state index in [1.807, 2.05) is 20.2 Å². The molecule has 0 bridgehead atoms. The van der Waals surface area contributed by atoms with Crippen molar-refractivity contribution in [3.63, 3.8) is 0 Å². The van der Waals surface area contributed by atoms with Gasteiger partial charge < -0.3 is 24.0 Å². The third-order valence-electron chi connectivity index (χ3n) is 4.62. The van der Waals surface area contributed by atoms with E-state index in [0.717, 1.165) is 41.7 Å². The molecule has 1 aliphatic rings. The van der Waals surface area contributed by atoms with Crippen molar-refractivity contribution in [2.75, 3.05) is 51.3 Å². The van der Waals surface area contributed by atoms with Crippen LogP contribution in [0.1, 0.15) is 11.1 Å². The lowest BCUT2D eigenvalue weighted by atomic mass is 10.1. The van der Waals surface area contributed by atoms with Crippen LogP contribution in [-0.4, -0.2) is 41.5 Å². The Kier molecular flexibility index (Phi) is 4.93. The van der Waals surface area contributed by atoms with Gasteiger partial charge in [-0.2, -0.15) is 0 Å². The lowest BCUT2D eigenvalue weighted by Gasteiger charge is -2.32. The van der Waals surface area contributed by atoms with Gasteiger partial charge in [-0.15, -0.1) is 0 Å². The summed E-state index contributed by atoms with van der Waals surface area (Å²) in [6.07, 6.45) is 0. The molecule has 1 heterocycles. The third-order valence-corrected chi connectivity index (χ3v) is 4.62. The number of hydrogen-bond donors (Lipinski definition) is 0. The Labute approximate surface area is 149 Å². The lowest BCUT2D eigenvalue weighted by Crippen LogP contribution is -2.32. The molecule has 0 radical (unpaired) electrons. The molecule has 0 atom stereocenters. The largest absolute Gasteiger partial charge is 0.493 e. The number of fused-ring (bicyclic) bond motifs is 1. The van der Waals surface area contributed by atoms with Crippen molar-refractivity contribution in [2.45, 2.75) is 13.5 Å². The molecule has 0 aromatic heterocycles. The summed E-state index contributed by atoms with van der Waals surface area (Å²) in [6, 6.07) is 10.5. The standard InChI is InChI=1S/C20H26N2O3/c1-14-10-19(23-4)20(24-5)11-15(14)13-22-8-9-25-18-12-16(21(2)3)6-7-17(18)22/h6-7,10-12H,8-9,13H2,1-5H3. The zero-order valence-electron chi connectivity index (χ0n) is 15.6. The van der Waals surface area contributed by atoms with Crippen LogP contribution in [0, 0.1) is 6.92 Å². The third kappa shape index (κ3) is 3.45. The molecule has 0 N–H and O–H groups in total. The zero-order chi connectivity index (χ0) is 18.0. The fourth-order valence-electron chi connectivity index (χ4n) is 3.11. The maximum atomic E-state index is 5.88. The topological polar surface area (TPSA) is 34.2 Å². The van der Waals surface area contributed by atoms with Crippen LogP contribution >= 0.6 is 0 Å². The van der Waals surface area contributed by atoms with Gasteiger partial charge in [0.05, 0.1) is 26.5 Å². The van der Waals surface area contributed by atoms with Crippen molar-refractivity contribution < 1.29 is 14.2 Å². The number of anilines is 2. The van der Waals surface area contributed by atoms with E-state index in [1.54, 1.807) is 14.2 Å². The molecule has 3 rings (SSSR count). The molecular formula is C20H26N2O3. The van der Waals surface area contributed by atoms with Crippen LogP contribution in [0.15, 0.2) is 30.3 Å². The average Bonchev–Trinajstić information content (AvgIpc) is 2.62. The molecule has 2 aromatic rings. The molecule has 0 spiro atoms. The van der Waals surface area contributed by atoms with E-state index in [-0.39, 0.29) is 0 Å². The summed E-state index contributed by atoms with van der Waals surface area (Å²) in [5, 5.41) is 0. The van der Waals surface area contributed by atoms with Crippen LogP contribution in [0.5, 0.6) is 17.2 Å². The number of ether oxygens (including phenoxy) is 3. The Bertz CT molecular complexity index is 759. The highest BCUT2D eigenvalue weighted by molar-refractivity contribution is 5.67. The predicted octanol–water partition coefficient (Wildman–Crippen LogP) is 3.48. The zero-order valence-corrected chi connectivity index (χ0v) is 15.6. The van der Waals surface area contributed by atoms with Crippen LogP contribution < -0.4 is 24.0 Å². The molecule has 0 fully saturated rings. The Morgan fingerprint density at radius 1 is 1.08 bits per heavy atom. The second-order valence-electron chi connectivity index (χ2n) is 6.45. The van der Waals surface area contributed by atoms with Gasteiger partial charge in [0, 0.05) is 32.4 Å². The summed E-state index contributed by atoms with van der Waals surface area (Å²) in [6.45, 7) is 4.47. The Morgan fingerprint density at radius 3 is 2.48 bits per heavy atom. The predicted molar refractivity (Wildman–Crippen MR) is 102 cm³/mol. The fraction of sp³-hybridized carbons (Fsp3) is 0.400. The van der Waals surface area contributed by atoms with Gasteiger partial charge in [0.2, 0.25) is 0 Å². The number of methoxy groups -OCH3 is 2. The van der Waals surface area contributed by atoms with Gasteiger partial charge in [0.1, 0.15) is 12.4 Å². The van der Waals surface area contributed by atoms with Crippen LogP contribution in [-0.2, 0) is 6.54 Å². The second kappa shape index (κ2) is 7.13. The molecule has 0 saturated heterocycles. The molecule has 0 aliphatic carbocycles. The van der Waals surface area contributed by atoms with Gasteiger partial charge in [0.15, 0.2) is 11.5 Å². The van der Waals surface area contributed by atoms with E-state index in [1.165, 1.54) is 11.1 Å². The normalized spacial score (nSPS) is 13.1. The van der Waals surface area contributed by atoms with Gasteiger partial charge in [0.25, 0.3) is 0 Å². The van der Waals surface area contributed by atoms with Gasteiger partial charge in [-0.05, 0) is 42.3 Å². The Morgan fingerprint density at radius 2 is 1.80 bits per heavy atom. The summed E-state index contributed by atoms with van der Waals surface area (Å²) >= 11 is 0. The summed E-state index contributed by atoms with van der Waals surface area (Å²) in [7, 11) is 7.41. The minimum atomic E-state index is 0.691. The summed E-state index contributed by atoms with van der Waals surface area (Å²) in [5.74, 6) is 2.47. The van der Waals surface area contributed by atoms with Crippen molar-refractivity contribution in [3.8, 4) is 17.2 Å². The van der Waals surface area contributed by atoms with Gasteiger partial charge in [-0.25, -0.2) is 0 Å². The van der Waals surface area contributed by atoms with Crippen LogP contribution in [0.2, 0.25) is 0 Å². The summed E-state index contributed by atoms with van der Waals surface area (Å²) in [5.41, 5.74) is 4.69. The maximum absolute atomic E-state index is 5.88. The maximum Gasteiger partial charge on any atom is 0.161 e. The smallest absolute Gasteiger partial charge is 0.161 e. The van der Waals surface area contributed by atoms with Crippen LogP contribution in [0.25, 0.3) is 0 Å². The quantitative estimate of drug-likeness (QED) is 0.831. The molecule has 5 heteroatoms. The first-order valence-corrected chi connectivity index (χ1v) is 8.44. The van der Waals surface area contributed by atoms with Crippen LogP contribution in [0.4, 0.5) is 11.4 Å². The molecule has 134 valence electrons. The first-order valence-electron chi connectivity index (χ1n) is 8.44. The van der Waals surface area contributed by atoms with Gasteiger partial charge in [-0.1, -0.05) is 0 Å². The summed E-state index contributed by atoms with van der Waals surface area (Å²) < 4.78 is 16.7. The number of rotatable bonds is 5. The van der Waals surface area contributed by atoms with Crippen molar-refractivity contribution >= 4 is 11.4 Å². The van der Waals surface area contributed by atoms with E-state index < -0.39 is 0 Å². The Balaban J connectivity index is 1.90. The van der Waals surface area contributed by atoms with Crippen molar-refractivity contribution in [1.29, 1.82) is 0 Å². The first kappa shape index (κ1) is 17.3. The van der Waals surface area contributed by atoms with E-state index in [2.05, 4.69) is 41.0 Å².